The SMILES string of the molecule is Cc1ccc(NC(=O)N2CCN(C(=O)CC(NC(N)=O)c3cccs3)CC2)cc1Cl. The van der Waals surface area contributed by atoms with E-state index in [1.165, 1.54) is 11.3 Å². The van der Waals surface area contributed by atoms with Crippen molar-refractivity contribution < 1.29 is 14.4 Å². The first-order valence-electron chi connectivity index (χ1n) is 9.52. The molecular formula is C20H24ClN5O3S. The van der Waals surface area contributed by atoms with Gasteiger partial charge >= 0.3 is 12.1 Å². The first-order chi connectivity index (χ1) is 14.3. The number of halogens is 1. The average Bonchev–Trinajstić information content (AvgIpc) is 3.25. The van der Waals surface area contributed by atoms with Crippen molar-refractivity contribution in [1.82, 2.24) is 15.1 Å². The monoisotopic (exact) mass is 449 g/mol. The van der Waals surface area contributed by atoms with Crippen LogP contribution in [0.25, 0.3) is 0 Å². The highest BCUT2D eigenvalue weighted by Gasteiger charge is 2.27. The third kappa shape index (κ3) is 5.64. The molecule has 0 saturated carbocycles. The number of primary amides is 1. The van der Waals surface area contributed by atoms with Crippen LogP contribution < -0.4 is 16.4 Å². The number of anilines is 1. The number of carbonyl (C=O) groups excluding carboxylic acids is 3. The van der Waals surface area contributed by atoms with E-state index in [2.05, 4.69) is 10.6 Å². The second kappa shape index (κ2) is 9.82. The maximum Gasteiger partial charge on any atom is 0.321 e. The quantitative estimate of drug-likeness (QED) is 0.652. The Bertz CT molecular complexity index is 913. The number of hydrogen-bond acceptors (Lipinski definition) is 4. The van der Waals surface area contributed by atoms with Crippen molar-refractivity contribution in [1.29, 1.82) is 0 Å². The molecule has 1 atom stereocenters. The highest BCUT2D eigenvalue weighted by Crippen LogP contribution is 2.23. The molecule has 0 radical (unpaired) electrons. The minimum absolute atomic E-state index is 0.0903. The van der Waals surface area contributed by atoms with Gasteiger partial charge in [0.2, 0.25) is 5.91 Å². The minimum Gasteiger partial charge on any atom is -0.352 e. The Morgan fingerprint density at radius 2 is 1.87 bits per heavy atom. The van der Waals surface area contributed by atoms with Crippen molar-refractivity contribution >= 4 is 46.6 Å². The topological polar surface area (TPSA) is 108 Å². The Morgan fingerprint density at radius 3 is 2.47 bits per heavy atom. The van der Waals surface area contributed by atoms with Crippen LogP contribution in [0.5, 0.6) is 0 Å². The summed E-state index contributed by atoms with van der Waals surface area (Å²) < 4.78 is 0. The fourth-order valence-electron chi connectivity index (χ4n) is 3.22. The Morgan fingerprint density at radius 1 is 1.17 bits per heavy atom. The third-order valence-electron chi connectivity index (χ3n) is 4.92. The number of benzene rings is 1. The third-order valence-corrected chi connectivity index (χ3v) is 6.32. The number of nitrogens with zero attached hydrogens (tertiary/aromatic N) is 2. The van der Waals surface area contributed by atoms with E-state index in [1.807, 2.05) is 30.5 Å². The lowest BCUT2D eigenvalue weighted by molar-refractivity contribution is -0.133. The van der Waals surface area contributed by atoms with Crippen molar-refractivity contribution in [2.45, 2.75) is 19.4 Å². The van der Waals surface area contributed by atoms with E-state index >= 15 is 0 Å². The summed E-state index contributed by atoms with van der Waals surface area (Å²) in [6, 6.07) is 7.73. The molecule has 10 heteroatoms. The highest BCUT2D eigenvalue weighted by molar-refractivity contribution is 7.10. The molecule has 2 aromatic rings. The molecule has 1 fully saturated rings. The minimum atomic E-state index is -0.668. The zero-order chi connectivity index (χ0) is 21.7. The summed E-state index contributed by atoms with van der Waals surface area (Å²) in [6.45, 7) is 3.59. The summed E-state index contributed by atoms with van der Waals surface area (Å²) in [5.41, 5.74) is 6.82. The fourth-order valence-corrected chi connectivity index (χ4v) is 4.18. The van der Waals surface area contributed by atoms with Gasteiger partial charge in [-0.15, -0.1) is 11.3 Å². The summed E-state index contributed by atoms with van der Waals surface area (Å²) in [5.74, 6) is -0.0903. The summed E-state index contributed by atoms with van der Waals surface area (Å²) in [6.07, 6.45) is 0.123. The van der Waals surface area contributed by atoms with Crippen LogP contribution in [0, 0.1) is 6.92 Å². The largest absolute Gasteiger partial charge is 0.352 e. The summed E-state index contributed by atoms with van der Waals surface area (Å²) in [4.78, 5) is 40.8. The van der Waals surface area contributed by atoms with Crippen molar-refractivity contribution in [3.8, 4) is 0 Å². The molecular weight excluding hydrogens is 426 g/mol. The van der Waals surface area contributed by atoms with Crippen molar-refractivity contribution in [2.75, 3.05) is 31.5 Å². The Kier molecular flexibility index (Phi) is 7.17. The summed E-state index contributed by atoms with van der Waals surface area (Å²) >= 11 is 7.56. The van der Waals surface area contributed by atoms with Gasteiger partial charge in [-0.3, -0.25) is 4.79 Å². The molecule has 1 aromatic heterocycles. The van der Waals surface area contributed by atoms with E-state index in [-0.39, 0.29) is 18.4 Å². The highest BCUT2D eigenvalue weighted by atomic mass is 35.5. The van der Waals surface area contributed by atoms with Crippen LogP contribution in [-0.4, -0.2) is 53.9 Å². The van der Waals surface area contributed by atoms with Crippen molar-refractivity contribution in [3.63, 3.8) is 0 Å². The molecule has 0 bridgehead atoms. The first-order valence-corrected chi connectivity index (χ1v) is 10.8. The lowest BCUT2D eigenvalue weighted by Crippen LogP contribution is -2.52. The number of urea groups is 2. The number of aryl methyl sites for hydroxylation is 1. The van der Waals surface area contributed by atoms with E-state index in [1.54, 1.807) is 21.9 Å². The Labute approximate surface area is 184 Å². The van der Waals surface area contributed by atoms with E-state index in [9.17, 15) is 14.4 Å². The second-order valence-electron chi connectivity index (χ2n) is 7.04. The van der Waals surface area contributed by atoms with Crippen LogP contribution in [0.15, 0.2) is 35.7 Å². The molecule has 0 aliphatic carbocycles. The lowest BCUT2D eigenvalue weighted by atomic mass is 10.1. The molecule has 1 saturated heterocycles. The van der Waals surface area contributed by atoms with E-state index < -0.39 is 12.1 Å². The van der Waals surface area contributed by atoms with Gasteiger partial charge in [-0.25, -0.2) is 9.59 Å². The Balaban J connectivity index is 1.52. The van der Waals surface area contributed by atoms with Crippen LogP contribution >= 0.6 is 22.9 Å². The predicted octanol–water partition coefficient (Wildman–Crippen LogP) is 3.19. The van der Waals surface area contributed by atoms with E-state index in [0.29, 0.717) is 36.9 Å². The number of thiophene rings is 1. The van der Waals surface area contributed by atoms with Gasteiger partial charge in [0.25, 0.3) is 0 Å². The van der Waals surface area contributed by atoms with Crippen LogP contribution in [0.3, 0.4) is 0 Å². The standard InChI is InChI=1S/C20H24ClN5O3S/c1-13-4-5-14(11-15(13)21)23-20(29)26-8-6-25(7-9-26)18(27)12-16(24-19(22)28)17-3-2-10-30-17/h2-5,10-11,16H,6-9,12H2,1H3,(H,23,29)(H3,22,24,28). The number of carbonyl (C=O) groups is 3. The molecule has 1 aromatic carbocycles. The predicted molar refractivity (Wildman–Crippen MR) is 118 cm³/mol. The molecule has 2 heterocycles. The average molecular weight is 450 g/mol. The van der Waals surface area contributed by atoms with Crippen LogP contribution in [0.4, 0.5) is 15.3 Å². The van der Waals surface area contributed by atoms with Crippen LogP contribution in [-0.2, 0) is 4.79 Å². The van der Waals surface area contributed by atoms with Gasteiger partial charge in [-0.1, -0.05) is 23.7 Å². The molecule has 160 valence electrons. The molecule has 5 amide bonds. The zero-order valence-corrected chi connectivity index (χ0v) is 18.1. The van der Waals surface area contributed by atoms with Gasteiger partial charge in [0.15, 0.2) is 0 Å². The molecule has 4 N–H and O–H groups in total. The van der Waals surface area contributed by atoms with Gasteiger partial charge < -0.3 is 26.2 Å². The lowest BCUT2D eigenvalue weighted by Gasteiger charge is -2.35. The summed E-state index contributed by atoms with van der Waals surface area (Å²) in [7, 11) is 0. The van der Waals surface area contributed by atoms with Gasteiger partial charge in [0.1, 0.15) is 0 Å². The van der Waals surface area contributed by atoms with Crippen LogP contribution in [0.2, 0.25) is 5.02 Å². The molecule has 30 heavy (non-hydrogen) atoms. The maximum atomic E-state index is 12.7. The van der Waals surface area contributed by atoms with E-state index in [0.717, 1.165) is 10.4 Å². The smallest absolute Gasteiger partial charge is 0.321 e. The first kappa shape index (κ1) is 21.9. The molecule has 8 nitrogen and oxygen atoms in total. The molecule has 0 spiro atoms. The fraction of sp³-hybridized carbons (Fsp3) is 0.350. The number of nitrogens with one attached hydrogen (secondary N) is 2. The maximum absolute atomic E-state index is 12.7. The number of hydrogen-bond donors (Lipinski definition) is 3. The van der Waals surface area contributed by atoms with Gasteiger partial charge in [-0.2, -0.15) is 0 Å². The van der Waals surface area contributed by atoms with Gasteiger partial charge in [-0.05, 0) is 36.1 Å². The number of rotatable bonds is 5. The van der Waals surface area contributed by atoms with Crippen LogP contribution in [0.1, 0.15) is 22.9 Å². The van der Waals surface area contributed by atoms with E-state index in [4.69, 9.17) is 17.3 Å². The van der Waals surface area contributed by atoms with Gasteiger partial charge in [0, 0.05) is 41.8 Å². The second-order valence-corrected chi connectivity index (χ2v) is 8.43. The van der Waals surface area contributed by atoms with Crippen molar-refractivity contribution in [3.05, 3.63) is 51.2 Å². The Hall–Kier alpha value is -2.78. The zero-order valence-electron chi connectivity index (χ0n) is 16.6. The summed E-state index contributed by atoms with van der Waals surface area (Å²) in [5, 5.41) is 7.94. The molecule has 1 unspecified atom stereocenters. The molecule has 1 aliphatic rings. The molecule has 3 rings (SSSR count). The molecule has 1 aliphatic heterocycles. The number of nitrogens with two attached hydrogens (primary N) is 1. The number of amides is 5. The van der Waals surface area contributed by atoms with Crippen molar-refractivity contribution in [2.24, 2.45) is 5.73 Å². The van der Waals surface area contributed by atoms with Gasteiger partial charge in [0.05, 0.1) is 12.5 Å². The number of piperazine rings is 1. The normalized spacial score (nSPS) is 14.9.